The maximum atomic E-state index is 12.2. The minimum Gasteiger partial charge on any atom is -0.321 e. The van der Waals surface area contributed by atoms with Crippen molar-refractivity contribution < 1.29 is 0 Å². The number of nitrogens with one attached hydrogen (secondary N) is 1. The average Bonchev–Trinajstić information content (AvgIpc) is 2.94. The van der Waals surface area contributed by atoms with Crippen LogP contribution in [0.4, 0.5) is 0 Å². The number of aromatic amines is 1. The Bertz CT molecular complexity index is 1030. The van der Waals surface area contributed by atoms with Crippen LogP contribution in [0.2, 0.25) is 5.02 Å². The Morgan fingerprint density at radius 2 is 1.91 bits per heavy atom. The zero-order chi connectivity index (χ0) is 15.1. The molecule has 0 amide bonds. The number of benzene rings is 2. The number of rotatable bonds is 2. The van der Waals surface area contributed by atoms with Crippen LogP contribution in [0.3, 0.4) is 0 Å². The van der Waals surface area contributed by atoms with E-state index in [1.807, 2.05) is 47.1 Å². The Kier molecular flexibility index (Phi) is 2.98. The fourth-order valence-corrected chi connectivity index (χ4v) is 2.90. The molecule has 0 fully saturated rings. The minimum absolute atomic E-state index is 0.135. The lowest BCUT2D eigenvalue weighted by molar-refractivity contribution is 0.714. The molecule has 2 heterocycles. The molecule has 0 radical (unpaired) electrons. The molecule has 0 unspecified atom stereocenters. The van der Waals surface area contributed by atoms with E-state index in [1.165, 1.54) is 0 Å². The lowest BCUT2D eigenvalue weighted by Gasteiger charge is -2.07. The lowest BCUT2D eigenvalue weighted by Crippen LogP contribution is -2.07. The van der Waals surface area contributed by atoms with Crippen molar-refractivity contribution in [3.63, 3.8) is 0 Å². The smallest absolute Gasteiger partial charge is 0.259 e. The molecular weight excluding hydrogens is 298 g/mol. The molecule has 108 valence electrons. The topological polar surface area (TPSA) is 50.7 Å². The summed E-state index contributed by atoms with van der Waals surface area (Å²) in [5.74, 6) is 0. The summed E-state index contributed by atoms with van der Waals surface area (Å²) in [5.41, 5.74) is 2.56. The second-order valence-corrected chi connectivity index (χ2v) is 5.63. The van der Waals surface area contributed by atoms with Gasteiger partial charge in [0.25, 0.3) is 5.56 Å². The van der Waals surface area contributed by atoms with E-state index in [1.54, 1.807) is 12.3 Å². The molecule has 0 saturated carbocycles. The number of aromatic nitrogens is 3. The molecule has 0 atom stereocenters. The number of hydrogen-bond acceptors (Lipinski definition) is 2. The van der Waals surface area contributed by atoms with E-state index >= 15 is 0 Å². The van der Waals surface area contributed by atoms with E-state index < -0.39 is 0 Å². The molecular formula is C17H12ClN3O. The highest BCUT2D eigenvalue weighted by Gasteiger charge is 2.12. The summed E-state index contributed by atoms with van der Waals surface area (Å²) in [4.78, 5) is 15.1. The van der Waals surface area contributed by atoms with Crippen LogP contribution in [0, 0.1) is 0 Å². The van der Waals surface area contributed by atoms with Crippen LogP contribution in [0.1, 0.15) is 5.56 Å². The van der Waals surface area contributed by atoms with Crippen molar-refractivity contribution in [2.45, 2.75) is 6.54 Å². The van der Waals surface area contributed by atoms with Crippen molar-refractivity contribution >= 4 is 33.4 Å². The Morgan fingerprint density at radius 3 is 2.73 bits per heavy atom. The number of H-pyrrole nitrogens is 1. The molecule has 0 bridgehead atoms. The Hall–Kier alpha value is -2.59. The van der Waals surface area contributed by atoms with Gasteiger partial charge in [-0.1, -0.05) is 41.9 Å². The molecule has 0 saturated heterocycles. The summed E-state index contributed by atoms with van der Waals surface area (Å²) < 4.78 is 1.85. The van der Waals surface area contributed by atoms with Crippen LogP contribution in [0.25, 0.3) is 21.8 Å². The highest BCUT2D eigenvalue weighted by molar-refractivity contribution is 6.31. The summed E-state index contributed by atoms with van der Waals surface area (Å²) in [7, 11) is 0. The van der Waals surface area contributed by atoms with Gasteiger partial charge in [0.05, 0.1) is 29.2 Å². The fraction of sp³-hybridized carbons (Fsp3) is 0.0588. The van der Waals surface area contributed by atoms with E-state index in [4.69, 9.17) is 11.6 Å². The number of pyridine rings is 1. The van der Waals surface area contributed by atoms with Crippen molar-refractivity contribution in [1.82, 2.24) is 14.8 Å². The van der Waals surface area contributed by atoms with Crippen molar-refractivity contribution in [3.8, 4) is 0 Å². The van der Waals surface area contributed by atoms with Gasteiger partial charge in [-0.25, -0.2) is 0 Å². The average molecular weight is 310 g/mol. The van der Waals surface area contributed by atoms with Gasteiger partial charge in [-0.15, -0.1) is 0 Å². The molecule has 0 aliphatic carbocycles. The van der Waals surface area contributed by atoms with Crippen LogP contribution in [0.5, 0.6) is 0 Å². The molecule has 4 aromatic rings. The quantitative estimate of drug-likeness (QED) is 0.615. The van der Waals surface area contributed by atoms with Crippen molar-refractivity contribution in [1.29, 1.82) is 0 Å². The predicted molar refractivity (Wildman–Crippen MR) is 88.4 cm³/mol. The largest absolute Gasteiger partial charge is 0.321 e. The van der Waals surface area contributed by atoms with Crippen molar-refractivity contribution in [2.75, 3.05) is 0 Å². The van der Waals surface area contributed by atoms with Crippen LogP contribution < -0.4 is 5.56 Å². The third kappa shape index (κ3) is 2.09. The summed E-state index contributed by atoms with van der Waals surface area (Å²) in [6, 6.07) is 15.5. The third-order valence-electron chi connectivity index (χ3n) is 3.74. The van der Waals surface area contributed by atoms with Gasteiger partial charge >= 0.3 is 0 Å². The molecule has 2 aromatic heterocycles. The summed E-state index contributed by atoms with van der Waals surface area (Å²) >= 11 is 6.12. The Morgan fingerprint density at radius 1 is 1.09 bits per heavy atom. The SMILES string of the molecule is O=c1[nH]c2ccc(Cl)cc2c2c1cnn2Cc1ccccc1. The standard InChI is InChI=1S/C17H12ClN3O/c18-12-6-7-15-13(8-12)16-14(17(22)20-15)9-19-21(16)10-11-4-2-1-3-5-11/h1-9H,10H2,(H,20,22). The third-order valence-corrected chi connectivity index (χ3v) is 3.98. The van der Waals surface area contributed by atoms with Gasteiger partial charge in [-0.05, 0) is 23.8 Å². The first-order chi connectivity index (χ1) is 10.7. The van der Waals surface area contributed by atoms with E-state index in [9.17, 15) is 4.79 Å². The number of hydrogen-bond donors (Lipinski definition) is 1. The molecule has 0 aliphatic rings. The van der Waals surface area contributed by atoms with Crippen molar-refractivity contribution in [2.24, 2.45) is 0 Å². The van der Waals surface area contributed by atoms with Gasteiger partial charge in [0.1, 0.15) is 0 Å². The number of nitrogens with zero attached hydrogens (tertiary/aromatic N) is 2. The molecule has 2 aromatic carbocycles. The molecule has 1 N–H and O–H groups in total. The van der Waals surface area contributed by atoms with Gasteiger partial charge in [0.15, 0.2) is 0 Å². The molecule has 0 spiro atoms. The van der Waals surface area contributed by atoms with Crippen LogP contribution >= 0.6 is 11.6 Å². The second kappa shape index (κ2) is 5.00. The Balaban J connectivity index is 2.02. The van der Waals surface area contributed by atoms with Gasteiger partial charge in [0, 0.05) is 10.4 Å². The monoisotopic (exact) mass is 309 g/mol. The zero-order valence-corrected chi connectivity index (χ0v) is 12.3. The van der Waals surface area contributed by atoms with Gasteiger partial charge < -0.3 is 4.98 Å². The highest BCUT2D eigenvalue weighted by atomic mass is 35.5. The fourth-order valence-electron chi connectivity index (χ4n) is 2.72. The second-order valence-electron chi connectivity index (χ2n) is 5.19. The van der Waals surface area contributed by atoms with Gasteiger partial charge in [-0.2, -0.15) is 5.10 Å². The molecule has 4 nitrogen and oxygen atoms in total. The molecule has 4 rings (SSSR count). The van der Waals surface area contributed by atoms with E-state index in [0.29, 0.717) is 17.0 Å². The first kappa shape index (κ1) is 13.1. The molecule has 5 heteroatoms. The van der Waals surface area contributed by atoms with Crippen molar-refractivity contribution in [3.05, 3.63) is 75.7 Å². The van der Waals surface area contributed by atoms with E-state index in [0.717, 1.165) is 22.0 Å². The number of fused-ring (bicyclic) bond motifs is 3. The minimum atomic E-state index is -0.135. The molecule has 22 heavy (non-hydrogen) atoms. The predicted octanol–water partition coefficient (Wildman–Crippen LogP) is 3.58. The first-order valence-electron chi connectivity index (χ1n) is 6.93. The Labute approximate surface area is 131 Å². The maximum absolute atomic E-state index is 12.2. The summed E-state index contributed by atoms with van der Waals surface area (Å²) in [6.07, 6.45) is 1.61. The molecule has 0 aliphatic heterocycles. The normalized spacial score (nSPS) is 11.3. The van der Waals surface area contributed by atoms with Crippen LogP contribution in [-0.4, -0.2) is 14.8 Å². The highest BCUT2D eigenvalue weighted by Crippen LogP contribution is 2.24. The van der Waals surface area contributed by atoms with Gasteiger partial charge in [0.2, 0.25) is 0 Å². The van der Waals surface area contributed by atoms with E-state index in [2.05, 4.69) is 10.1 Å². The summed E-state index contributed by atoms with van der Waals surface area (Å²) in [5, 5.41) is 6.49. The van der Waals surface area contributed by atoms with E-state index in [-0.39, 0.29) is 5.56 Å². The number of halogens is 1. The maximum Gasteiger partial charge on any atom is 0.259 e. The lowest BCUT2D eigenvalue weighted by atomic mass is 10.1. The van der Waals surface area contributed by atoms with Gasteiger partial charge in [-0.3, -0.25) is 9.48 Å². The van der Waals surface area contributed by atoms with Crippen LogP contribution in [-0.2, 0) is 6.54 Å². The summed E-state index contributed by atoms with van der Waals surface area (Å²) in [6.45, 7) is 0.607. The zero-order valence-electron chi connectivity index (χ0n) is 11.6. The van der Waals surface area contributed by atoms with Crippen LogP contribution in [0.15, 0.2) is 59.5 Å². The first-order valence-corrected chi connectivity index (χ1v) is 7.31.